The number of pyridine rings is 1. The number of amides is 1. The summed E-state index contributed by atoms with van der Waals surface area (Å²) in [4.78, 5) is 17.6. The molecule has 2 heterocycles. The molecule has 0 atom stereocenters. The highest BCUT2D eigenvalue weighted by Gasteiger charge is 1.99. The molecule has 0 aliphatic rings. The van der Waals surface area contributed by atoms with Crippen molar-refractivity contribution < 1.29 is 4.79 Å². The standard InChI is InChI=1S/C7H11N.C6H7N3O/c1-5-4-8-7(3)6(5)2;7-9-6(10)5-2-1-3-8-4-5/h4,8H,1-3H3;1-4H,7H2,(H,9,10). The Kier molecular flexibility index (Phi) is 5.07. The third-order valence-corrected chi connectivity index (χ3v) is 2.71. The first kappa shape index (κ1) is 13.9. The average molecular weight is 246 g/mol. The van der Waals surface area contributed by atoms with E-state index in [-0.39, 0.29) is 5.91 Å². The molecule has 2 rings (SSSR count). The van der Waals surface area contributed by atoms with Crippen LogP contribution in [0.3, 0.4) is 0 Å². The number of hydrazine groups is 1. The zero-order valence-corrected chi connectivity index (χ0v) is 10.8. The number of H-pyrrole nitrogens is 1. The van der Waals surface area contributed by atoms with Gasteiger partial charge in [-0.25, -0.2) is 5.84 Å². The second kappa shape index (κ2) is 6.56. The highest BCUT2D eigenvalue weighted by Crippen LogP contribution is 2.08. The second-order valence-corrected chi connectivity index (χ2v) is 3.94. The summed E-state index contributed by atoms with van der Waals surface area (Å²) in [6.07, 6.45) is 5.07. The molecular formula is C13H18N4O. The first-order valence-electron chi connectivity index (χ1n) is 5.58. The first-order chi connectivity index (χ1) is 8.56. The van der Waals surface area contributed by atoms with E-state index in [2.05, 4.69) is 30.7 Å². The molecule has 5 nitrogen and oxygen atoms in total. The number of rotatable bonds is 1. The number of nitrogens with one attached hydrogen (secondary N) is 2. The molecule has 0 saturated carbocycles. The predicted molar refractivity (Wildman–Crippen MR) is 70.9 cm³/mol. The summed E-state index contributed by atoms with van der Waals surface area (Å²) in [7, 11) is 0. The fraction of sp³-hybridized carbons (Fsp3) is 0.231. The summed E-state index contributed by atoms with van der Waals surface area (Å²) in [6.45, 7) is 6.32. The molecule has 0 aliphatic carbocycles. The highest BCUT2D eigenvalue weighted by atomic mass is 16.2. The minimum absolute atomic E-state index is 0.326. The van der Waals surface area contributed by atoms with Gasteiger partial charge in [-0.15, -0.1) is 0 Å². The van der Waals surface area contributed by atoms with Crippen molar-refractivity contribution in [1.29, 1.82) is 0 Å². The highest BCUT2D eigenvalue weighted by molar-refractivity contribution is 5.93. The van der Waals surface area contributed by atoms with Gasteiger partial charge in [0.15, 0.2) is 0 Å². The van der Waals surface area contributed by atoms with Crippen molar-refractivity contribution in [1.82, 2.24) is 15.4 Å². The molecule has 0 radical (unpaired) electrons. The van der Waals surface area contributed by atoms with Crippen LogP contribution in [0.4, 0.5) is 0 Å². The summed E-state index contributed by atoms with van der Waals surface area (Å²) in [5, 5.41) is 0. The lowest BCUT2D eigenvalue weighted by Gasteiger charge is -1.95. The smallest absolute Gasteiger partial charge is 0.266 e. The maximum Gasteiger partial charge on any atom is 0.266 e. The number of nitrogens with two attached hydrogens (primary N) is 1. The fourth-order valence-electron chi connectivity index (χ4n) is 1.31. The number of nitrogens with zero attached hydrogens (tertiary/aromatic N) is 1. The summed E-state index contributed by atoms with van der Waals surface area (Å²) in [5.74, 6) is 4.55. The van der Waals surface area contributed by atoms with Crippen LogP contribution < -0.4 is 11.3 Å². The largest absolute Gasteiger partial charge is 0.365 e. The number of aromatic nitrogens is 2. The van der Waals surface area contributed by atoms with Gasteiger partial charge in [-0.2, -0.15) is 0 Å². The Morgan fingerprint density at radius 1 is 1.39 bits per heavy atom. The number of hydrogen-bond acceptors (Lipinski definition) is 3. The van der Waals surface area contributed by atoms with E-state index in [0.717, 1.165) is 0 Å². The Bertz CT molecular complexity index is 485. The van der Waals surface area contributed by atoms with Crippen LogP contribution in [0.1, 0.15) is 27.2 Å². The number of carbonyl (C=O) groups is 1. The average Bonchev–Trinajstić information content (AvgIpc) is 2.71. The second-order valence-electron chi connectivity index (χ2n) is 3.94. The van der Waals surface area contributed by atoms with Crippen LogP contribution in [-0.4, -0.2) is 15.9 Å². The molecule has 5 heteroatoms. The lowest BCUT2D eigenvalue weighted by atomic mass is 10.2. The molecule has 0 saturated heterocycles. The molecular weight excluding hydrogens is 228 g/mol. The number of hydrogen-bond donors (Lipinski definition) is 3. The van der Waals surface area contributed by atoms with Gasteiger partial charge in [0.25, 0.3) is 5.91 Å². The summed E-state index contributed by atoms with van der Waals surface area (Å²) in [5.41, 5.74) is 6.47. The summed E-state index contributed by atoms with van der Waals surface area (Å²) in [6, 6.07) is 3.31. The van der Waals surface area contributed by atoms with E-state index in [1.165, 1.54) is 23.0 Å². The third kappa shape index (κ3) is 3.71. The van der Waals surface area contributed by atoms with Gasteiger partial charge in [-0.3, -0.25) is 15.2 Å². The molecule has 2 aromatic heterocycles. The first-order valence-corrected chi connectivity index (χ1v) is 5.58. The quantitative estimate of drug-likeness (QED) is 0.406. The molecule has 0 bridgehead atoms. The van der Waals surface area contributed by atoms with Crippen molar-refractivity contribution in [2.24, 2.45) is 5.84 Å². The number of aromatic amines is 1. The van der Waals surface area contributed by atoms with Crippen molar-refractivity contribution >= 4 is 5.91 Å². The van der Waals surface area contributed by atoms with Crippen LogP contribution >= 0.6 is 0 Å². The van der Waals surface area contributed by atoms with Crippen LogP contribution in [-0.2, 0) is 0 Å². The van der Waals surface area contributed by atoms with E-state index in [1.54, 1.807) is 18.3 Å². The van der Waals surface area contributed by atoms with E-state index in [0.29, 0.717) is 5.56 Å². The van der Waals surface area contributed by atoms with Crippen LogP contribution in [0, 0.1) is 20.8 Å². The zero-order chi connectivity index (χ0) is 13.5. The Morgan fingerprint density at radius 3 is 2.44 bits per heavy atom. The molecule has 0 spiro atoms. The van der Waals surface area contributed by atoms with Gasteiger partial charge in [-0.1, -0.05) is 0 Å². The minimum atomic E-state index is -0.326. The Balaban J connectivity index is 0.000000184. The molecule has 0 fully saturated rings. The maximum atomic E-state index is 10.7. The number of aryl methyl sites for hydroxylation is 2. The lowest BCUT2D eigenvalue weighted by molar-refractivity contribution is 0.0953. The van der Waals surface area contributed by atoms with Gasteiger partial charge in [0.05, 0.1) is 5.56 Å². The monoisotopic (exact) mass is 246 g/mol. The third-order valence-electron chi connectivity index (χ3n) is 2.71. The Labute approximate surface area is 106 Å². The molecule has 2 aromatic rings. The molecule has 18 heavy (non-hydrogen) atoms. The van der Waals surface area contributed by atoms with Gasteiger partial charge in [0.1, 0.15) is 0 Å². The maximum absolute atomic E-state index is 10.7. The lowest BCUT2D eigenvalue weighted by Crippen LogP contribution is -2.29. The molecule has 4 N–H and O–H groups in total. The predicted octanol–water partition coefficient (Wildman–Crippen LogP) is 1.63. The van der Waals surface area contributed by atoms with Gasteiger partial charge < -0.3 is 4.98 Å². The van der Waals surface area contributed by atoms with Gasteiger partial charge in [0.2, 0.25) is 0 Å². The van der Waals surface area contributed by atoms with Crippen LogP contribution in [0.25, 0.3) is 0 Å². The van der Waals surface area contributed by atoms with Crippen molar-refractivity contribution in [2.45, 2.75) is 20.8 Å². The van der Waals surface area contributed by atoms with Crippen molar-refractivity contribution in [3.8, 4) is 0 Å². The SMILES string of the molecule is Cc1c[nH]c(C)c1C.NNC(=O)c1cccnc1. The number of carbonyl (C=O) groups excluding carboxylic acids is 1. The van der Waals surface area contributed by atoms with Crippen molar-refractivity contribution in [3.05, 3.63) is 53.1 Å². The van der Waals surface area contributed by atoms with Crippen LogP contribution in [0.15, 0.2) is 30.7 Å². The van der Waals surface area contributed by atoms with Crippen LogP contribution in [0.5, 0.6) is 0 Å². The van der Waals surface area contributed by atoms with Crippen LogP contribution in [0.2, 0.25) is 0 Å². The molecule has 96 valence electrons. The Hall–Kier alpha value is -2.14. The van der Waals surface area contributed by atoms with Crippen molar-refractivity contribution in [3.63, 3.8) is 0 Å². The van der Waals surface area contributed by atoms with E-state index >= 15 is 0 Å². The molecule has 0 aliphatic heterocycles. The molecule has 0 aromatic carbocycles. The molecule has 1 amide bonds. The van der Waals surface area contributed by atoms with E-state index < -0.39 is 0 Å². The van der Waals surface area contributed by atoms with Gasteiger partial charge >= 0.3 is 0 Å². The van der Waals surface area contributed by atoms with E-state index in [4.69, 9.17) is 5.84 Å². The number of nitrogen functional groups attached to an aromatic ring is 1. The topological polar surface area (TPSA) is 83.8 Å². The Morgan fingerprint density at radius 2 is 2.11 bits per heavy atom. The zero-order valence-electron chi connectivity index (χ0n) is 10.8. The summed E-state index contributed by atoms with van der Waals surface area (Å²) < 4.78 is 0. The van der Waals surface area contributed by atoms with Gasteiger partial charge in [0, 0.05) is 24.3 Å². The summed E-state index contributed by atoms with van der Waals surface area (Å²) >= 11 is 0. The van der Waals surface area contributed by atoms with E-state index in [9.17, 15) is 4.79 Å². The van der Waals surface area contributed by atoms with E-state index in [1.807, 2.05) is 11.6 Å². The molecule has 0 unspecified atom stereocenters. The minimum Gasteiger partial charge on any atom is -0.365 e. The van der Waals surface area contributed by atoms with Crippen molar-refractivity contribution in [2.75, 3.05) is 0 Å². The fourth-order valence-corrected chi connectivity index (χ4v) is 1.31. The van der Waals surface area contributed by atoms with Gasteiger partial charge in [-0.05, 0) is 44.0 Å². The normalized spacial score (nSPS) is 9.33.